The van der Waals surface area contributed by atoms with Crippen molar-refractivity contribution in [2.24, 2.45) is 0 Å². The molecule has 0 unspecified atom stereocenters. The topological polar surface area (TPSA) is 51.5 Å². The number of nitrogens with zero attached hydrogens (tertiary/aromatic N) is 2. The Morgan fingerprint density at radius 3 is 2.55 bits per heavy atom. The number of hydrogen-bond acceptors (Lipinski definition) is 3. The van der Waals surface area contributed by atoms with E-state index in [0.717, 1.165) is 10.9 Å². The number of Topliss-reactive ketones (excluding diaryl/α,β-unsaturated/α-hetero) is 1. The first-order valence-corrected chi connectivity index (χ1v) is 7.56. The Morgan fingerprint density at radius 2 is 1.86 bits per heavy atom. The first-order valence-electron chi connectivity index (χ1n) is 7.56. The van der Waals surface area contributed by atoms with Gasteiger partial charge in [-0.1, -0.05) is 18.2 Å². The molecule has 1 aliphatic rings. The third-order valence-corrected chi connectivity index (χ3v) is 4.22. The van der Waals surface area contributed by atoms with Gasteiger partial charge in [0.05, 0.1) is 13.2 Å². The van der Waals surface area contributed by atoms with Crippen molar-refractivity contribution in [2.45, 2.75) is 19.9 Å². The van der Waals surface area contributed by atoms with Crippen molar-refractivity contribution in [2.75, 3.05) is 26.3 Å². The second-order valence-corrected chi connectivity index (χ2v) is 5.64. The Balaban J connectivity index is 1.98. The van der Waals surface area contributed by atoms with Crippen LogP contribution in [0.2, 0.25) is 0 Å². The van der Waals surface area contributed by atoms with Gasteiger partial charge in [0.2, 0.25) is 5.91 Å². The minimum atomic E-state index is -0.337. The highest BCUT2D eigenvalue weighted by Gasteiger charge is 2.25. The summed E-state index contributed by atoms with van der Waals surface area (Å²) >= 11 is 0. The number of para-hydroxylation sites is 1. The van der Waals surface area contributed by atoms with Gasteiger partial charge in [0.25, 0.3) is 0 Å². The highest BCUT2D eigenvalue weighted by atomic mass is 16.5. The van der Waals surface area contributed by atoms with Crippen molar-refractivity contribution >= 4 is 22.6 Å². The molecule has 0 aliphatic carbocycles. The third kappa shape index (κ3) is 2.52. The van der Waals surface area contributed by atoms with E-state index in [1.165, 1.54) is 0 Å². The molecule has 1 aromatic carbocycles. The number of amides is 1. The summed E-state index contributed by atoms with van der Waals surface area (Å²) < 4.78 is 7.20. The zero-order chi connectivity index (χ0) is 15.7. The maximum Gasteiger partial charge on any atom is 0.245 e. The van der Waals surface area contributed by atoms with Crippen LogP contribution < -0.4 is 0 Å². The molecular weight excluding hydrogens is 280 g/mol. The Kier molecular flexibility index (Phi) is 3.98. The molecular formula is C17H20N2O3. The lowest BCUT2D eigenvalue weighted by Gasteiger charge is -2.30. The second kappa shape index (κ2) is 5.93. The largest absolute Gasteiger partial charge is 0.378 e. The van der Waals surface area contributed by atoms with Crippen LogP contribution in [0.4, 0.5) is 0 Å². The highest BCUT2D eigenvalue weighted by molar-refractivity contribution is 6.07. The maximum atomic E-state index is 12.7. The van der Waals surface area contributed by atoms with Crippen molar-refractivity contribution in [3.8, 4) is 0 Å². The molecule has 5 heteroatoms. The molecule has 1 aliphatic heterocycles. The van der Waals surface area contributed by atoms with Crippen LogP contribution in [0, 0.1) is 0 Å². The van der Waals surface area contributed by atoms with Crippen molar-refractivity contribution < 1.29 is 14.3 Å². The van der Waals surface area contributed by atoms with Gasteiger partial charge in [-0.2, -0.15) is 0 Å². The summed E-state index contributed by atoms with van der Waals surface area (Å²) in [6.07, 6.45) is 1.80. The number of fused-ring (bicyclic) bond motifs is 1. The van der Waals surface area contributed by atoms with Crippen molar-refractivity contribution in [3.05, 3.63) is 36.0 Å². The predicted molar refractivity (Wildman–Crippen MR) is 84.1 cm³/mol. The summed E-state index contributed by atoms with van der Waals surface area (Å²) in [5.74, 6) is 0.0835. The van der Waals surface area contributed by atoms with E-state index in [2.05, 4.69) is 0 Å². The fourth-order valence-corrected chi connectivity index (χ4v) is 2.97. The van der Waals surface area contributed by atoms with Crippen LogP contribution >= 0.6 is 0 Å². The van der Waals surface area contributed by atoms with Crippen LogP contribution in [0.1, 0.15) is 30.2 Å². The number of benzene rings is 1. The SMILES string of the molecule is CC(=O)c1cn([C@@H](C)C(=O)N2CCOCC2)c2ccccc12. The molecule has 0 radical (unpaired) electrons. The highest BCUT2D eigenvalue weighted by Crippen LogP contribution is 2.26. The second-order valence-electron chi connectivity index (χ2n) is 5.64. The van der Waals surface area contributed by atoms with Gasteiger partial charge >= 0.3 is 0 Å². The lowest BCUT2D eigenvalue weighted by atomic mass is 10.1. The van der Waals surface area contributed by atoms with Gasteiger partial charge in [-0.05, 0) is 19.9 Å². The van der Waals surface area contributed by atoms with Gasteiger partial charge in [0.1, 0.15) is 6.04 Å². The van der Waals surface area contributed by atoms with E-state index in [1.807, 2.05) is 40.7 Å². The van der Waals surface area contributed by atoms with E-state index in [9.17, 15) is 9.59 Å². The average Bonchev–Trinajstić information content (AvgIpc) is 2.94. The minimum absolute atomic E-state index is 0.0148. The molecule has 2 aromatic rings. The predicted octanol–water partition coefficient (Wildman–Crippen LogP) is 2.26. The number of morpholine rings is 1. The first-order chi connectivity index (χ1) is 10.6. The molecule has 3 rings (SSSR count). The molecule has 1 fully saturated rings. The van der Waals surface area contributed by atoms with Gasteiger partial charge < -0.3 is 14.2 Å². The third-order valence-electron chi connectivity index (χ3n) is 4.22. The van der Waals surface area contributed by atoms with Crippen LogP contribution in [0.15, 0.2) is 30.5 Å². The lowest BCUT2D eigenvalue weighted by molar-refractivity contribution is -0.138. The number of carbonyl (C=O) groups excluding carboxylic acids is 2. The van der Waals surface area contributed by atoms with Crippen LogP contribution in [0.3, 0.4) is 0 Å². The van der Waals surface area contributed by atoms with Crippen molar-refractivity contribution in [3.63, 3.8) is 0 Å². The summed E-state index contributed by atoms with van der Waals surface area (Å²) in [5, 5.41) is 0.900. The molecule has 22 heavy (non-hydrogen) atoms. The molecule has 1 aromatic heterocycles. The summed E-state index contributed by atoms with van der Waals surface area (Å²) in [5.41, 5.74) is 1.58. The van der Waals surface area contributed by atoms with Gasteiger partial charge in [0, 0.05) is 35.8 Å². The molecule has 0 spiro atoms. The van der Waals surface area contributed by atoms with Crippen LogP contribution in [-0.4, -0.2) is 47.5 Å². The maximum absolute atomic E-state index is 12.7. The molecule has 0 bridgehead atoms. The number of ketones is 1. The number of carbonyl (C=O) groups is 2. The molecule has 0 saturated carbocycles. The summed E-state index contributed by atoms with van der Waals surface area (Å²) in [6.45, 7) is 5.87. The van der Waals surface area contributed by atoms with Crippen LogP contribution in [0.5, 0.6) is 0 Å². The van der Waals surface area contributed by atoms with Crippen molar-refractivity contribution in [1.82, 2.24) is 9.47 Å². The molecule has 1 saturated heterocycles. The number of rotatable bonds is 3. The molecule has 116 valence electrons. The number of ether oxygens (including phenoxy) is 1. The van der Waals surface area contributed by atoms with E-state index in [0.29, 0.717) is 31.9 Å². The Labute approximate surface area is 129 Å². The van der Waals surface area contributed by atoms with Crippen LogP contribution in [-0.2, 0) is 9.53 Å². The van der Waals surface area contributed by atoms with E-state index >= 15 is 0 Å². The quantitative estimate of drug-likeness (QED) is 0.817. The standard InChI is InChI=1S/C17H20N2O3/c1-12(17(21)18-7-9-22-10-8-18)19-11-15(13(2)20)14-5-3-4-6-16(14)19/h3-6,11-12H,7-10H2,1-2H3/t12-/m0/s1. The van der Waals surface area contributed by atoms with E-state index in [-0.39, 0.29) is 17.7 Å². The Morgan fingerprint density at radius 1 is 1.18 bits per heavy atom. The average molecular weight is 300 g/mol. The normalized spacial score (nSPS) is 16.7. The molecule has 5 nitrogen and oxygen atoms in total. The fraction of sp³-hybridized carbons (Fsp3) is 0.412. The van der Waals surface area contributed by atoms with Gasteiger partial charge in [0.15, 0.2) is 5.78 Å². The Bertz CT molecular complexity index is 714. The minimum Gasteiger partial charge on any atom is -0.378 e. The fourth-order valence-electron chi connectivity index (χ4n) is 2.97. The van der Waals surface area contributed by atoms with E-state index in [4.69, 9.17) is 4.74 Å². The monoisotopic (exact) mass is 300 g/mol. The molecule has 2 heterocycles. The summed E-state index contributed by atoms with van der Waals surface area (Å²) in [6, 6.07) is 7.37. The molecule has 0 N–H and O–H groups in total. The van der Waals surface area contributed by atoms with Gasteiger partial charge in [-0.3, -0.25) is 9.59 Å². The Hall–Kier alpha value is -2.14. The zero-order valence-electron chi connectivity index (χ0n) is 12.9. The van der Waals surface area contributed by atoms with Gasteiger partial charge in [-0.25, -0.2) is 0 Å². The zero-order valence-corrected chi connectivity index (χ0v) is 12.9. The number of aromatic nitrogens is 1. The lowest BCUT2D eigenvalue weighted by Crippen LogP contribution is -2.43. The van der Waals surface area contributed by atoms with E-state index < -0.39 is 0 Å². The first kappa shape index (κ1) is 14.8. The number of hydrogen-bond donors (Lipinski definition) is 0. The molecule has 1 atom stereocenters. The van der Waals surface area contributed by atoms with Crippen LogP contribution in [0.25, 0.3) is 10.9 Å². The summed E-state index contributed by atoms with van der Waals surface area (Å²) in [4.78, 5) is 26.4. The molecule has 1 amide bonds. The smallest absolute Gasteiger partial charge is 0.245 e. The van der Waals surface area contributed by atoms with Crippen molar-refractivity contribution in [1.29, 1.82) is 0 Å². The van der Waals surface area contributed by atoms with Gasteiger partial charge in [-0.15, -0.1) is 0 Å². The summed E-state index contributed by atoms with van der Waals surface area (Å²) in [7, 11) is 0. The van der Waals surface area contributed by atoms with E-state index in [1.54, 1.807) is 13.1 Å².